The second-order valence-corrected chi connectivity index (χ2v) is 7.26. The van der Waals surface area contributed by atoms with Crippen molar-refractivity contribution in [3.8, 4) is 0 Å². The van der Waals surface area contributed by atoms with Crippen LogP contribution in [-0.4, -0.2) is 15.6 Å². The van der Waals surface area contributed by atoms with E-state index in [1.807, 2.05) is 19.9 Å². The maximum Gasteiger partial charge on any atom is 0.129 e. The highest BCUT2D eigenvalue weighted by Crippen LogP contribution is 2.31. The van der Waals surface area contributed by atoms with Crippen molar-refractivity contribution in [2.24, 2.45) is 0 Å². The molecule has 0 saturated carbocycles. The molecular formula is C14H21FOS. The molecule has 17 heavy (non-hydrogen) atoms. The van der Waals surface area contributed by atoms with Gasteiger partial charge in [-0.15, -0.1) is 0 Å². The van der Waals surface area contributed by atoms with Crippen molar-refractivity contribution in [1.82, 2.24) is 0 Å². The summed E-state index contributed by atoms with van der Waals surface area (Å²) in [5.41, 5.74) is 2.15. The Morgan fingerprint density at radius 2 is 1.88 bits per heavy atom. The van der Waals surface area contributed by atoms with E-state index in [0.29, 0.717) is 11.3 Å². The van der Waals surface area contributed by atoms with Gasteiger partial charge >= 0.3 is 0 Å². The third-order valence-corrected chi connectivity index (χ3v) is 3.84. The van der Waals surface area contributed by atoms with Crippen molar-refractivity contribution in [1.29, 1.82) is 0 Å². The van der Waals surface area contributed by atoms with Crippen molar-refractivity contribution in [3.05, 3.63) is 34.6 Å². The SMILES string of the molecule is Cc1cc(C)c(C(O)CSC(C)(C)C)c(F)c1. The van der Waals surface area contributed by atoms with E-state index in [4.69, 9.17) is 0 Å². The highest BCUT2D eigenvalue weighted by Gasteiger charge is 2.19. The number of hydrogen-bond acceptors (Lipinski definition) is 2. The predicted octanol–water partition coefficient (Wildman–Crippen LogP) is 4.01. The van der Waals surface area contributed by atoms with Crippen LogP contribution in [0.5, 0.6) is 0 Å². The van der Waals surface area contributed by atoms with E-state index >= 15 is 0 Å². The fraction of sp³-hybridized carbons (Fsp3) is 0.571. The molecule has 0 radical (unpaired) electrons. The molecule has 0 amide bonds. The zero-order valence-electron chi connectivity index (χ0n) is 11.2. The maximum atomic E-state index is 13.8. The Bertz CT molecular complexity index is 373. The largest absolute Gasteiger partial charge is 0.387 e. The maximum absolute atomic E-state index is 13.8. The highest BCUT2D eigenvalue weighted by atomic mass is 32.2. The molecule has 1 nitrogen and oxygen atoms in total. The number of hydrogen-bond donors (Lipinski definition) is 1. The fourth-order valence-corrected chi connectivity index (χ4v) is 2.59. The molecule has 0 saturated heterocycles. The number of rotatable bonds is 3. The minimum Gasteiger partial charge on any atom is -0.387 e. The summed E-state index contributed by atoms with van der Waals surface area (Å²) in [6, 6.07) is 3.39. The van der Waals surface area contributed by atoms with Gasteiger partial charge in [0.2, 0.25) is 0 Å². The van der Waals surface area contributed by atoms with Gasteiger partial charge in [-0.1, -0.05) is 26.8 Å². The first kappa shape index (κ1) is 14.5. The second-order valence-electron chi connectivity index (χ2n) is 5.42. The van der Waals surface area contributed by atoms with Gasteiger partial charge in [-0.2, -0.15) is 11.8 Å². The van der Waals surface area contributed by atoms with Crippen LogP contribution in [-0.2, 0) is 0 Å². The lowest BCUT2D eigenvalue weighted by Gasteiger charge is -2.21. The van der Waals surface area contributed by atoms with Crippen LogP contribution in [0, 0.1) is 19.7 Å². The standard InChI is InChI=1S/C14H21FOS/c1-9-6-10(2)13(11(15)7-9)12(16)8-17-14(3,4)5/h6-7,12,16H,8H2,1-5H3. The number of aryl methyl sites for hydroxylation is 2. The molecule has 96 valence electrons. The molecular weight excluding hydrogens is 235 g/mol. The minimum atomic E-state index is -0.736. The number of thioether (sulfide) groups is 1. The second kappa shape index (κ2) is 5.40. The van der Waals surface area contributed by atoms with Gasteiger partial charge in [-0.25, -0.2) is 4.39 Å². The van der Waals surface area contributed by atoms with Crippen LogP contribution in [0.2, 0.25) is 0 Å². The number of aliphatic hydroxyl groups excluding tert-OH is 1. The Morgan fingerprint density at radius 3 is 2.35 bits per heavy atom. The van der Waals surface area contributed by atoms with Gasteiger partial charge in [-0.3, -0.25) is 0 Å². The lowest BCUT2D eigenvalue weighted by atomic mass is 10.0. The quantitative estimate of drug-likeness (QED) is 0.882. The van der Waals surface area contributed by atoms with Crippen LogP contribution in [0.3, 0.4) is 0 Å². The molecule has 1 rings (SSSR count). The number of aliphatic hydroxyl groups is 1. The minimum absolute atomic E-state index is 0.0794. The molecule has 1 aromatic rings. The summed E-state index contributed by atoms with van der Waals surface area (Å²) in [4.78, 5) is 0. The fourth-order valence-electron chi connectivity index (χ4n) is 1.76. The van der Waals surface area contributed by atoms with Crippen molar-refractivity contribution < 1.29 is 9.50 Å². The van der Waals surface area contributed by atoms with E-state index in [1.165, 1.54) is 6.07 Å². The highest BCUT2D eigenvalue weighted by molar-refractivity contribution is 8.00. The monoisotopic (exact) mass is 256 g/mol. The number of benzene rings is 1. The summed E-state index contributed by atoms with van der Waals surface area (Å²) >= 11 is 1.64. The van der Waals surface area contributed by atoms with Crippen LogP contribution in [0.1, 0.15) is 43.6 Å². The zero-order chi connectivity index (χ0) is 13.2. The average Bonchev–Trinajstić information content (AvgIpc) is 2.11. The Kier molecular flexibility index (Phi) is 4.62. The van der Waals surface area contributed by atoms with E-state index in [9.17, 15) is 9.50 Å². The first-order valence-corrected chi connectivity index (χ1v) is 6.78. The molecule has 0 aliphatic carbocycles. The van der Waals surface area contributed by atoms with E-state index in [1.54, 1.807) is 11.8 Å². The molecule has 0 heterocycles. The zero-order valence-corrected chi connectivity index (χ0v) is 12.0. The molecule has 1 aromatic carbocycles. The van der Waals surface area contributed by atoms with Gasteiger partial charge in [0.1, 0.15) is 5.82 Å². The molecule has 1 unspecified atom stereocenters. The van der Waals surface area contributed by atoms with Gasteiger partial charge in [0.25, 0.3) is 0 Å². The Balaban J connectivity index is 2.86. The van der Waals surface area contributed by atoms with Crippen LogP contribution < -0.4 is 0 Å². The summed E-state index contributed by atoms with van der Waals surface area (Å²) in [7, 11) is 0. The van der Waals surface area contributed by atoms with Crippen LogP contribution >= 0.6 is 11.8 Å². The van der Waals surface area contributed by atoms with Crippen molar-refractivity contribution in [3.63, 3.8) is 0 Å². The van der Waals surface area contributed by atoms with Crippen LogP contribution in [0.4, 0.5) is 4.39 Å². The van der Waals surface area contributed by atoms with Crippen molar-refractivity contribution >= 4 is 11.8 Å². The molecule has 0 aromatic heterocycles. The lowest BCUT2D eigenvalue weighted by Crippen LogP contribution is -2.13. The molecule has 0 fully saturated rings. The lowest BCUT2D eigenvalue weighted by molar-refractivity contribution is 0.198. The van der Waals surface area contributed by atoms with E-state index < -0.39 is 6.10 Å². The Labute approximate surface area is 107 Å². The average molecular weight is 256 g/mol. The van der Waals surface area contributed by atoms with E-state index in [-0.39, 0.29) is 10.6 Å². The third kappa shape index (κ3) is 4.32. The molecule has 0 aliphatic heterocycles. The van der Waals surface area contributed by atoms with Crippen molar-refractivity contribution in [2.45, 2.75) is 45.5 Å². The molecule has 1 N–H and O–H groups in total. The normalized spacial score (nSPS) is 13.8. The van der Waals surface area contributed by atoms with E-state index in [2.05, 4.69) is 20.8 Å². The first-order chi connectivity index (χ1) is 7.70. The Morgan fingerprint density at radius 1 is 1.29 bits per heavy atom. The van der Waals surface area contributed by atoms with Gasteiger partial charge < -0.3 is 5.11 Å². The van der Waals surface area contributed by atoms with Gasteiger partial charge in [0.05, 0.1) is 6.10 Å². The summed E-state index contributed by atoms with van der Waals surface area (Å²) in [5.74, 6) is 0.217. The van der Waals surface area contributed by atoms with Crippen LogP contribution in [0.15, 0.2) is 12.1 Å². The number of halogens is 1. The molecule has 3 heteroatoms. The van der Waals surface area contributed by atoms with Gasteiger partial charge in [-0.05, 0) is 31.0 Å². The van der Waals surface area contributed by atoms with Crippen molar-refractivity contribution in [2.75, 3.05) is 5.75 Å². The first-order valence-electron chi connectivity index (χ1n) is 5.79. The smallest absolute Gasteiger partial charge is 0.129 e. The molecule has 0 bridgehead atoms. The third-order valence-electron chi connectivity index (χ3n) is 2.49. The summed E-state index contributed by atoms with van der Waals surface area (Å²) in [5, 5.41) is 10.1. The van der Waals surface area contributed by atoms with Crippen LogP contribution in [0.25, 0.3) is 0 Å². The van der Waals surface area contributed by atoms with Gasteiger partial charge in [0.15, 0.2) is 0 Å². The van der Waals surface area contributed by atoms with E-state index in [0.717, 1.165) is 11.1 Å². The Hall–Kier alpha value is -0.540. The van der Waals surface area contributed by atoms with Gasteiger partial charge in [0, 0.05) is 16.1 Å². The summed E-state index contributed by atoms with van der Waals surface area (Å²) in [6.45, 7) is 9.96. The topological polar surface area (TPSA) is 20.2 Å². The molecule has 1 atom stereocenters. The summed E-state index contributed by atoms with van der Waals surface area (Å²) < 4.78 is 13.9. The molecule has 0 aliphatic rings. The summed E-state index contributed by atoms with van der Waals surface area (Å²) in [6.07, 6.45) is -0.736. The predicted molar refractivity (Wildman–Crippen MR) is 73.0 cm³/mol. The molecule has 0 spiro atoms.